The molecule has 0 heterocycles. The normalized spacial score (nSPS) is 10.5. The molecule has 1 heteroatoms. The smallest absolute Gasteiger partial charge is 0.0543 e. The summed E-state index contributed by atoms with van der Waals surface area (Å²) in [6.45, 7) is 0. The summed E-state index contributed by atoms with van der Waals surface area (Å²) in [7, 11) is 0. The molecule has 0 aliphatic carbocycles. The molecule has 0 fully saturated rings. The van der Waals surface area contributed by atoms with Crippen molar-refractivity contribution in [2.75, 3.05) is 0 Å². The Morgan fingerprint density at radius 2 is 1.77 bits per heavy atom. The minimum absolute atomic E-state index is 0.822. The first kappa shape index (κ1) is 8.58. The second-order valence-electron chi connectivity index (χ2n) is 3.00. The number of rotatable bonds is 2. The zero-order valence-electron chi connectivity index (χ0n) is 7.20. The monoisotopic (exact) mass is 189 g/mol. The van der Waals surface area contributed by atoms with Crippen LogP contribution in [0.2, 0.25) is 0 Å². The zero-order valence-corrected chi connectivity index (χ0v) is 7.96. The quantitative estimate of drug-likeness (QED) is 0.675. The van der Waals surface area contributed by atoms with Crippen LogP contribution in [0.5, 0.6) is 0 Å². The Balaban J connectivity index is 2.61. The number of fused-ring (bicyclic) bond motifs is 1. The third kappa shape index (κ3) is 1.68. The fourth-order valence-electron chi connectivity index (χ4n) is 1.55. The van der Waals surface area contributed by atoms with Gasteiger partial charge in [-0.15, -0.1) is 11.6 Å². The highest BCUT2D eigenvalue weighted by Gasteiger charge is 1.98. The summed E-state index contributed by atoms with van der Waals surface area (Å²) >= 11 is 5.61. The van der Waals surface area contributed by atoms with Crippen molar-refractivity contribution in [1.29, 1.82) is 0 Å². The van der Waals surface area contributed by atoms with Crippen molar-refractivity contribution < 1.29 is 0 Å². The van der Waals surface area contributed by atoms with E-state index < -0.39 is 0 Å². The minimum Gasteiger partial charge on any atom is -0.121 e. The highest BCUT2D eigenvalue weighted by atomic mass is 35.5. The molecule has 2 aromatic rings. The topological polar surface area (TPSA) is 0 Å². The summed E-state index contributed by atoms with van der Waals surface area (Å²) in [6, 6.07) is 14.7. The molecule has 0 N–H and O–H groups in total. The third-order valence-electron chi connectivity index (χ3n) is 2.18. The standard InChI is InChI=1S/C12H10Cl/c13-9-8-11-6-3-5-10-4-1-2-7-12(10)11/h1-7,9H,8H2. The molecule has 0 unspecified atom stereocenters. The van der Waals surface area contributed by atoms with Crippen LogP contribution in [0.3, 0.4) is 0 Å². The molecule has 0 aliphatic rings. The number of halogens is 1. The maximum absolute atomic E-state index is 5.61. The first-order valence-corrected chi connectivity index (χ1v) is 4.74. The SMILES string of the molecule is Cl[CH]Cc1cccc2ccccc12. The van der Waals surface area contributed by atoms with Gasteiger partial charge in [-0.1, -0.05) is 42.5 Å². The molecule has 0 aliphatic heterocycles. The van der Waals surface area contributed by atoms with Crippen molar-refractivity contribution in [3.63, 3.8) is 0 Å². The summed E-state index contributed by atoms with van der Waals surface area (Å²) in [5, 5.41) is 2.57. The Kier molecular flexibility index (Phi) is 2.51. The van der Waals surface area contributed by atoms with Crippen LogP contribution in [0.15, 0.2) is 42.5 Å². The Labute approximate surface area is 83.1 Å². The molecule has 0 nitrogen and oxygen atoms in total. The summed E-state index contributed by atoms with van der Waals surface area (Å²) < 4.78 is 0. The summed E-state index contributed by atoms with van der Waals surface area (Å²) in [6.07, 6.45) is 0.822. The van der Waals surface area contributed by atoms with Gasteiger partial charge in [0.2, 0.25) is 0 Å². The predicted molar refractivity (Wildman–Crippen MR) is 57.8 cm³/mol. The third-order valence-corrected chi connectivity index (χ3v) is 2.33. The average molecular weight is 190 g/mol. The minimum atomic E-state index is 0.822. The van der Waals surface area contributed by atoms with E-state index in [1.165, 1.54) is 16.3 Å². The van der Waals surface area contributed by atoms with Gasteiger partial charge in [-0.25, -0.2) is 0 Å². The molecular weight excluding hydrogens is 180 g/mol. The molecule has 2 aromatic carbocycles. The van der Waals surface area contributed by atoms with Crippen molar-refractivity contribution in [2.24, 2.45) is 0 Å². The molecule has 2 rings (SSSR count). The van der Waals surface area contributed by atoms with Gasteiger partial charge in [0.1, 0.15) is 0 Å². The van der Waals surface area contributed by atoms with Crippen LogP contribution < -0.4 is 0 Å². The molecule has 0 atom stereocenters. The lowest BCUT2D eigenvalue weighted by Crippen LogP contribution is -1.84. The molecule has 13 heavy (non-hydrogen) atoms. The first-order valence-electron chi connectivity index (χ1n) is 4.30. The van der Waals surface area contributed by atoms with Crippen molar-refractivity contribution >= 4 is 22.4 Å². The molecule has 0 aromatic heterocycles. The molecule has 0 bridgehead atoms. The second-order valence-corrected chi connectivity index (χ2v) is 3.31. The Bertz CT molecular complexity index is 401. The maximum atomic E-state index is 5.61. The van der Waals surface area contributed by atoms with E-state index in [4.69, 9.17) is 11.6 Å². The van der Waals surface area contributed by atoms with E-state index in [0.717, 1.165) is 6.42 Å². The molecule has 0 saturated heterocycles. The van der Waals surface area contributed by atoms with E-state index in [-0.39, 0.29) is 0 Å². The summed E-state index contributed by atoms with van der Waals surface area (Å²) in [5.74, 6) is 1.67. The van der Waals surface area contributed by atoms with Crippen LogP contribution in [0.25, 0.3) is 10.8 Å². The van der Waals surface area contributed by atoms with Crippen LogP contribution in [0, 0.1) is 5.88 Å². The highest BCUT2D eigenvalue weighted by molar-refractivity contribution is 6.23. The number of benzene rings is 2. The molecule has 65 valence electrons. The van der Waals surface area contributed by atoms with Crippen molar-refractivity contribution in [3.8, 4) is 0 Å². The molecule has 0 amide bonds. The molecule has 0 saturated carbocycles. The van der Waals surface area contributed by atoms with Crippen LogP contribution in [-0.2, 0) is 6.42 Å². The van der Waals surface area contributed by atoms with Gasteiger partial charge in [-0.2, -0.15) is 0 Å². The lowest BCUT2D eigenvalue weighted by atomic mass is 10.0. The van der Waals surface area contributed by atoms with E-state index in [1.807, 2.05) is 0 Å². The zero-order chi connectivity index (χ0) is 9.10. The fourth-order valence-corrected chi connectivity index (χ4v) is 1.72. The van der Waals surface area contributed by atoms with Crippen LogP contribution in [-0.4, -0.2) is 0 Å². The van der Waals surface area contributed by atoms with Gasteiger partial charge < -0.3 is 0 Å². The van der Waals surface area contributed by atoms with Gasteiger partial charge in [0.15, 0.2) is 0 Å². The van der Waals surface area contributed by atoms with Crippen molar-refractivity contribution in [1.82, 2.24) is 0 Å². The van der Waals surface area contributed by atoms with Gasteiger partial charge in [-0.05, 0) is 22.8 Å². The van der Waals surface area contributed by atoms with Gasteiger partial charge in [0, 0.05) is 0 Å². The van der Waals surface area contributed by atoms with Gasteiger partial charge in [0.05, 0.1) is 5.88 Å². The van der Waals surface area contributed by atoms with Gasteiger partial charge >= 0.3 is 0 Å². The van der Waals surface area contributed by atoms with E-state index in [0.29, 0.717) is 0 Å². The first-order chi connectivity index (χ1) is 6.42. The van der Waals surface area contributed by atoms with Crippen LogP contribution in [0.4, 0.5) is 0 Å². The fraction of sp³-hybridized carbons (Fsp3) is 0.0833. The van der Waals surface area contributed by atoms with Crippen molar-refractivity contribution in [3.05, 3.63) is 53.9 Å². The summed E-state index contributed by atoms with van der Waals surface area (Å²) in [4.78, 5) is 0. The van der Waals surface area contributed by atoms with E-state index >= 15 is 0 Å². The van der Waals surface area contributed by atoms with E-state index in [9.17, 15) is 0 Å². The average Bonchev–Trinajstić information content (AvgIpc) is 2.19. The van der Waals surface area contributed by atoms with Gasteiger partial charge in [-0.3, -0.25) is 0 Å². The summed E-state index contributed by atoms with van der Waals surface area (Å²) in [5.41, 5.74) is 1.29. The molecule has 1 radical (unpaired) electrons. The molecular formula is C12H10Cl. The van der Waals surface area contributed by atoms with E-state index in [1.54, 1.807) is 5.88 Å². The maximum Gasteiger partial charge on any atom is 0.0543 e. The lowest BCUT2D eigenvalue weighted by Gasteiger charge is -2.03. The van der Waals surface area contributed by atoms with Crippen molar-refractivity contribution in [2.45, 2.75) is 6.42 Å². The second kappa shape index (κ2) is 3.80. The Morgan fingerprint density at radius 1 is 1.00 bits per heavy atom. The van der Waals surface area contributed by atoms with E-state index in [2.05, 4.69) is 42.5 Å². The lowest BCUT2D eigenvalue weighted by molar-refractivity contribution is 1.27. The number of hydrogen-bond acceptors (Lipinski definition) is 0. The van der Waals surface area contributed by atoms with Crippen LogP contribution in [0.1, 0.15) is 5.56 Å². The molecule has 0 spiro atoms. The largest absolute Gasteiger partial charge is 0.121 e. The van der Waals surface area contributed by atoms with Crippen LogP contribution >= 0.6 is 11.6 Å². The highest BCUT2D eigenvalue weighted by Crippen LogP contribution is 2.19. The Hall–Kier alpha value is -1.01. The number of hydrogen-bond donors (Lipinski definition) is 0. The predicted octanol–water partition coefficient (Wildman–Crippen LogP) is 3.78. The Morgan fingerprint density at radius 3 is 2.62 bits per heavy atom. The van der Waals surface area contributed by atoms with Gasteiger partial charge in [0.25, 0.3) is 0 Å².